The van der Waals surface area contributed by atoms with Crippen LogP contribution in [0.1, 0.15) is 38.7 Å². The Hall–Kier alpha value is -2.28. The molecule has 1 aliphatic rings. The van der Waals surface area contributed by atoms with Gasteiger partial charge in [0.05, 0.1) is 26.2 Å². The number of piperidine rings is 1. The zero-order valence-electron chi connectivity index (χ0n) is 18.0. The number of likely N-dealkylation sites (tertiary alicyclic amines) is 1. The molecular weight excluding hydrogens is 370 g/mol. The van der Waals surface area contributed by atoms with E-state index in [0.29, 0.717) is 26.4 Å². The zero-order chi connectivity index (χ0) is 20.9. The summed E-state index contributed by atoms with van der Waals surface area (Å²) >= 11 is 0. The molecule has 0 amide bonds. The van der Waals surface area contributed by atoms with Crippen LogP contribution in [0.15, 0.2) is 29.3 Å². The van der Waals surface area contributed by atoms with Crippen molar-refractivity contribution >= 4 is 11.9 Å². The Labute approximate surface area is 174 Å². The van der Waals surface area contributed by atoms with E-state index in [2.05, 4.69) is 17.1 Å². The van der Waals surface area contributed by atoms with E-state index >= 15 is 0 Å². The summed E-state index contributed by atoms with van der Waals surface area (Å²) in [5.74, 6) is 1.72. The van der Waals surface area contributed by atoms with E-state index in [-0.39, 0.29) is 11.9 Å². The van der Waals surface area contributed by atoms with Crippen molar-refractivity contribution in [1.29, 1.82) is 0 Å². The number of hydrogen-bond donors (Lipinski definition) is 1. The lowest BCUT2D eigenvalue weighted by molar-refractivity contribution is -0.149. The molecule has 7 nitrogen and oxygen atoms in total. The topological polar surface area (TPSA) is 72.4 Å². The summed E-state index contributed by atoms with van der Waals surface area (Å²) in [6.45, 7) is 8.81. The van der Waals surface area contributed by atoms with Gasteiger partial charge in [0.15, 0.2) is 5.96 Å². The van der Waals surface area contributed by atoms with E-state index < -0.39 is 0 Å². The number of nitrogens with zero attached hydrogens (tertiary/aromatic N) is 2. The molecule has 0 spiro atoms. The predicted molar refractivity (Wildman–Crippen MR) is 114 cm³/mol. The van der Waals surface area contributed by atoms with E-state index in [9.17, 15) is 4.79 Å². The molecule has 1 aromatic carbocycles. The van der Waals surface area contributed by atoms with Gasteiger partial charge in [-0.1, -0.05) is 12.1 Å². The Balaban J connectivity index is 1.69. The van der Waals surface area contributed by atoms with Gasteiger partial charge in [0.25, 0.3) is 0 Å². The van der Waals surface area contributed by atoms with E-state index in [1.165, 1.54) is 0 Å². The quantitative estimate of drug-likeness (QED) is 0.279. The number of guanidine groups is 1. The highest BCUT2D eigenvalue weighted by Gasteiger charge is 2.27. The van der Waals surface area contributed by atoms with Crippen LogP contribution in [-0.4, -0.2) is 63.3 Å². The normalized spacial score (nSPS) is 15.3. The lowest BCUT2D eigenvalue weighted by Crippen LogP contribution is -2.46. The summed E-state index contributed by atoms with van der Waals surface area (Å²) in [6.07, 6.45) is 2.49. The van der Waals surface area contributed by atoms with Crippen LogP contribution >= 0.6 is 0 Å². The Kier molecular flexibility index (Phi) is 10.3. The van der Waals surface area contributed by atoms with Gasteiger partial charge in [-0.25, -0.2) is 0 Å². The number of rotatable bonds is 10. The number of methoxy groups -OCH3 is 1. The summed E-state index contributed by atoms with van der Waals surface area (Å²) < 4.78 is 16.1. The average molecular weight is 406 g/mol. The summed E-state index contributed by atoms with van der Waals surface area (Å²) in [5, 5.41) is 3.36. The number of hydrogen-bond acceptors (Lipinski definition) is 5. The van der Waals surface area contributed by atoms with Gasteiger partial charge in [-0.3, -0.25) is 9.79 Å². The van der Waals surface area contributed by atoms with Crippen molar-refractivity contribution in [1.82, 2.24) is 10.2 Å². The maximum Gasteiger partial charge on any atom is 0.309 e. The summed E-state index contributed by atoms with van der Waals surface area (Å²) in [7, 11) is 1.66. The molecule has 1 saturated heterocycles. The van der Waals surface area contributed by atoms with Gasteiger partial charge >= 0.3 is 5.97 Å². The molecule has 1 N–H and O–H groups in total. The van der Waals surface area contributed by atoms with Gasteiger partial charge in [0.2, 0.25) is 0 Å². The van der Waals surface area contributed by atoms with Crippen molar-refractivity contribution in [3.8, 4) is 5.75 Å². The second-order valence-electron chi connectivity index (χ2n) is 7.00. The van der Waals surface area contributed by atoms with E-state index in [0.717, 1.165) is 56.2 Å². The molecule has 0 aliphatic carbocycles. The maximum absolute atomic E-state index is 11.9. The van der Waals surface area contributed by atoms with Crippen molar-refractivity contribution in [3.05, 3.63) is 29.8 Å². The largest absolute Gasteiger partial charge is 0.497 e. The molecule has 1 heterocycles. The third-order valence-electron chi connectivity index (χ3n) is 4.89. The first-order valence-electron chi connectivity index (χ1n) is 10.6. The fraction of sp³-hybridized carbons (Fsp3) is 0.636. The van der Waals surface area contributed by atoms with Crippen LogP contribution in [0.4, 0.5) is 0 Å². The first-order valence-corrected chi connectivity index (χ1v) is 10.6. The van der Waals surface area contributed by atoms with Crippen LogP contribution < -0.4 is 10.1 Å². The fourth-order valence-corrected chi connectivity index (χ4v) is 3.28. The molecule has 0 radical (unpaired) electrons. The molecule has 29 heavy (non-hydrogen) atoms. The van der Waals surface area contributed by atoms with Crippen molar-refractivity contribution in [2.24, 2.45) is 10.9 Å². The Morgan fingerprint density at radius 1 is 1.21 bits per heavy atom. The second-order valence-corrected chi connectivity index (χ2v) is 7.00. The van der Waals surface area contributed by atoms with Gasteiger partial charge in [0, 0.05) is 32.8 Å². The van der Waals surface area contributed by atoms with Crippen LogP contribution in [0.3, 0.4) is 0 Å². The van der Waals surface area contributed by atoms with Crippen LogP contribution in [-0.2, 0) is 20.9 Å². The molecule has 0 aromatic heterocycles. The summed E-state index contributed by atoms with van der Waals surface area (Å²) in [6, 6.07) is 7.91. The highest BCUT2D eigenvalue weighted by Crippen LogP contribution is 2.19. The number of carbonyl (C=O) groups excluding carboxylic acids is 1. The van der Waals surface area contributed by atoms with Crippen LogP contribution in [0, 0.1) is 5.92 Å². The van der Waals surface area contributed by atoms with Gasteiger partial charge in [-0.2, -0.15) is 0 Å². The second kappa shape index (κ2) is 13.0. The minimum Gasteiger partial charge on any atom is -0.497 e. The number of aliphatic imine (C=N–C) groups is 1. The first-order chi connectivity index (χ1) is 14.2. The van der Waals surface area contributed by atoms with E-state index in [4.69, 9.17) is 19.2 Å². The predicted octanol–water partition coefficient (Wildman–Crippen LogP) is 2.84. The Morgan fingerprint density at radius 3 is 2.55 bits per heavy atom. The molecule has 7 heteroatoms. The number of esters is 1. The minimum absolute atomic E-state index is 0.0143. The molecule has 0 atom stereocenters. The number of carbonyl (C=O) groups is 1. The molecule has 2 rings (SSSR count). The van der Waals surface area contributed by atoms with E-state index in [1.807, 2.05) is 31.2 Å². The summed E-state index contributed by atoms with van der Waals surface area (Å²) in [5.41, 5.74) is 1.13. The standard InChI is InChI=1S/C22H35N3O4/c1-4-23-22(25-14-11-19(12-15-25)21(26)29-5-2)24-13-6-16-28-17-18-7-9-20(27-3)10-8-18/h7-10,19H,4-6,11-17H2,1-3H3,(H,23,24). The lowest BCUT2D eigenvalue weighted by atomic mass is 9.97. The zero-order valence-corrected chi connectivity index (χ0v) is 18.0. The molecule has 162 valence electrons. The first kappa shape index (κ1) is 23.0. The number of nitrogens with one attached hydrogen (secondary N) is 1. The van der Waals surface area contributed by atoms with Gasteiger partial charge < -0.3 is 24.4 Å². The fourth-order valence-electron chi connectivity index (χ4n) is 3.28. The van der Waals surface area contributed by atoms with Crippen LogP contribution in [0.25, 0.3) is 0 Å². The lowest BCUT2D eigenvalue weighted by Gasteiger charge is -2.33. The van der Waals surface area contributed by atoms with Gasteiger partial charge in [-0.15, -0.1) is 0 Å². The third-order valence-corrected chi connectivity index (χ3v) is 4.89. The molecular formula is C22H35N3O4. The van der Waals surface area contributed by atoms with Crippen molar-refractivity contribution in [3.63, 3.8) is 0 Å². The van der Waals surface area contributed by atoms with Crippen LogP contribution in [0.2, 0.25) is 0 Å². The average Bonchev–Trinajstić information content (AvgIpc) is 2.76. The SMILES string of the molecule is CCNC(=NCCCOCc1ccc(OC)cc1)N1CCC(C(=O)OCC)CC1. The van der Waals surface area contributed by atoms with Crippen LogP contribution in [0.5, 0.6) is 5.75 Å². The highest BCUT2D eigenvalue weighted by atomic mass is 16.5. The van der Waals surface area contributed by atoms with Crippen molar-refractivity contribution in [2.75, 3.05) is 46.5 Å². The Morgan fingerprint density at radius 2 is 1.93 bits per heavy atom. The molecule has 0 bridgehead atoms. The molecule has 1 fully saturated rings. The van der Waals surface area contributed by atoms with Crippen molar-refractivity contribution < 1.29 is 19.0 Å². The smallest absolute Gasteiger partial charge is 0.309 e. The number of benzene rings is 1. The monoisotopic (exact) mass is 405 g/mol. The highest BCUT2D eigenvalue weighted by molar-refractivity contribution is 5.80. The Bertz CT molecular complexity index is 625. The third kappa shape index (κ3) is 7.93. The van der Waals surface area contributed by atoms with Gasteiger partial charge in [0.1, 0.15) is 5.75 Å². The number of ether oxygens (including phenoxy) is 3. The van der Waals surface area contributed by atoms with Gasteiger partial charge in [-0.05, 0) is 50.8 Å². The molecule has 0 unspecified atom stereocenters. The maximum atomic E-state index is 11.9. The minimum atomic E-state index is -0.0666. The summed E-state index contributed by atoms with van der Waals surface area (Å²) in [4.78, 5) is 18.9. The van der Waals surface area contributed by atoms with E-state index in [1.54, 1.807) is 7.11 Å². The molecule has 1 aromatic rings. The van der Waals surface area contributed by atoms with Crippen molar-refractivity contribution in [2.45, 2.75) is 39.7 Å². The molecule has 0 saturated carbocycles. The molecule has 1 aliphatic heterocycles.